The summed E-state index contributed by atoms with van der Waals surface area (Å²) in [5.74, 6) is 0. The molecule has 0 amide bonds. The Hall–Kier alpha value is -2.36. The standard InChI is InChI=1S/C16H16N3O/c1-10-7-13(8-11(2)18-10)15-9-16(20-19-15)12-3-5-14(17)6-4-12/h3-8,16-17H,9H2,1-2H3. The van der Waals surface area contributed by atoms with Gasteiger partial charge in [-0.2, -0.15) is 0 Å². The molecule has 0 bridgehead atoms. The Labute approximate surface area is 118 Å². The van der Waals surface area contributed by atoms with Crippen molar-refractivity contribution in [2.75, 3.05) is 0 Å². The van der Waals surface area contributed by atoms with E-state index in [-0.39, 0.29) is 6.10 Å². The van der Waals surface area contributed by atoms with Gasteiger partial charge in [0.15, 0.2) is 6.10 Å². The van der Waals surface area contributed by atoms with Crippen LogP contribution in [0.25, 0.3) is 0 Å². The zero-order valence-electron chi connectivity index (χ0n) is 11.6. The summed E-state index contributed by atoms with van der Waals surface area (Å²) in [6, 6.07) is 11.5. The van der Waals surface area contributed by atoms with Crippen molar-refractivity contribution in [1.82, 2.24) is 10.7 Å². The van der Waals surface area contributed by atoms with Crippen LogP contribution in [-0.4, -0.2) is 10.7 Å². The molecule has 3 rings (SSSR count). The average Bonchev–Trinajstić information content (AvgIpc) is 2.88. The normalized spacial score (nSPS) is 17.7. The molecule has 20 heavy (non-hydrogen) atoms. The minimum atomic E-state index is -0.0561. The van der Waals surface area contributed by atoms with Crippen molar-refractivity contribution >= 4 is 11.4 Å². The van der Waals surface area contributed by atoms with Crippen molar-refractivity contribution in [2.45, 2.75) is 26.4 Å². The maximum Gasteiger partial charge on any atom is 0.158 e. The lowest BCUT2D eigenvalue weighted by Crippen LogP contribution is -2.03. The number of aryl methyl sites for hydroxylation is 2. The molecule has 0 spiro atoms. The third-order valence-electron chi connectivity index (χ3n) is 3.37. The number of nitrogens with one attached hydrogen (secondary N) is 1. The molecule has 0 saturated carbocycles. The van der Waals surface area contributed by atoms with Crippen LogP contribution < -0.4 is 5.73 Å². The van der Waals surface area contributed by atoms with Gasteiger partial charge in [-0.05, 0) is 43.7 Å². The lowest BCUT2D eigenvalue weighted by atomic mass is 10.00. The van der Waals surface area contributed by atoms with E-state index in [4.69, 9.17) is 10.6 Å². The second-order valence-corrected chi connectivity index (χ2v) is 5.10. The second kappa shape index (κ2) is 4.96. The molecule has 101 valence electrons. The quantitative estimate of drug-likeness (QED) is 0.835. The Kier molecular flexibility index (Phi) is 3.14. The van der Waals surface area contributed by atoms with Crippen molar-refractivity contribution in [3.63, 3.8) is 0 Å². The molecule has 0 saturated heterocycles. The van der Waals surface area contributed by atoms with Crippen LogP contribution in [0.1, 0.15) is 35.0 Å². The molecular weight excluding hydrogens is 250 g/mol. The van der Waals surface area contributed by atoms with Crippen LogP contribution in [0.15, 0.2) is 41.6 Å². The van der Waals surface area contributed by atoms with Gasteiger partial charge < -0.3 is 10.6 Å². The van der Waals surface area contributed by atoms with E-state index < -0.39 is 0 Å². The summed E-state index contributed by atoms with van der Waals surface area (Å²) in [5, 5.41) is 4.21. The smallest absolute Gasteiger partial charge is 0.158 e. The van der Waals surface area contributed by atoms with Gasteiger partial charge in [-0.1, -0.05) is 17.3 Å². The van der Waals surface area contributed by atoms with E-state index in [1.807, 2.05) is 38.1 Å². The van der Waals surface area contributed by atoms with Crippen molar-refractivity contribution in [3.05, 3.63) is 58.9 Å². The molecule has 1 aliphatic heterocycles. The van der Waals surface area contributed by atoms with Crippen molar-refractivity contribution in [3.8, 4) is 0 Å². The van der Waals surface area contributed by atoms with Gasteiger partial charge in [-0.25, -0.2) is 0 Å². The van der Waals surface area contributed by atoms with E-state index in [9.17, 15) is 0 Å². The fourth-order valence-electron chi connectivity index (χ4n) is 2.43. The van der Waals surface area contributed by atoms with Gasteiger partial charge >= 0.3 is 0 Å². The minimum Gasteiger partial charge on any atom is -0.387 e. The number of rotatable bonds is 2. The highest BCUT2D eigenvalue weighted by Gasteiger charge is 2.24. The number of oxime groups is 1. The predicted octanol–water partition coefficient (Wildman–Crippen LogP) is 3.48. The van der Waals surface area contributed by atoms with Crippen LogP contribution in [-0.2, 0) is 4.84 Å². The number of hydrogen-bond donors (Lipinski definition) is 0. The fraction of sp³-hybridized carbons (Fsp3) is 0.250. The maximum absolute atomic E-state index is 7.51. The number of nitrogens with zero attached hydrogens (tertiary/aromatic N) is 2. The molecule has 1 aromatic carbocycles. The first-order valence-corrected chi connectivity index (χ1v) is 6.62. The Balaban J connectivity index is 1.80. The summed E-state index contributed by atoms with van der Waals surface area (Å²) in [6.07, 6.45) is 0.694. The van der Waals surface area contributed by atoms with Gasteiger partial charge in [0.1, 0.15) is 0 Å². The third kappa shape index (κ3) is 2.50. The summed E-state index contributed by atoms with van der Waals surface area (Å²) in [5.41, 5.74) is 13.1. The van der Waals surface area contributed by atoms with Crippen LogP contribution in [0.5, 0.6) is 0 Å². The Morgan fingerprint density at radius 3 is 2.40 bits per heavy atom. The van der Waals surface area contributed by atoms with Crippen molar-refractivity contribution in [1.29, 1.82) is 0 Å². The van der Waals surface area contributed by atoms with E-state index >= 15 is 0 Å². The molecule has 0 fully saturated rings. The Morgan fingerprint density at radius 2 is 1.75 bits per heavy atom. The highest BCUT2D eigenvalue weighted by atomic mass is 16.6. The van der Waals surface area contributed by atoms with Gasteiger partial charge in [0.25, 0.3) is 0 Å². The van der Waals surface area contributed by atoms with E-state index in [1.165, 1.54) is 0 Å². The first-order chi connectivity index (χ1) is 9.61. The number of hydrogen-bond acceptors (Lipinski definition) is 3. The molecule has 1 radical (unpaired) electrons. The van der Waals surface area contributed by atoms with Crippen LogP contribution >= 0.6 is 0 Å². The van der Waals surface area contributed by atoms with Gasteiger partial charge in [-0.3, -0.25) is 4.98 Å². The topological polar surface area (TPSA) is 58.3 Å². The zero-order valence-corrected chi connectivity index (χ0v) is 11.6. The summed E-state index contributed by atoms with van der Waals surface area (Å²) < 4.78 is 0. The lowest BCUT2D eigenvalue weighted by Gasteiger charge is -2.08. The molecule has 0 aliphatic carbocycles. The van der Waals surface area contributed by atoms with Gasteiger partial charge in [0, 0.05) is 23.4 Å². The van der Waals surface area contributed by atoms with Crippen LogP contribution in [0.3, 0.4) is 0 Å². The predicted molar refractivity (Wildman–Crippen MR) is 77.9 cm³/mol. The van der Waals surface area contributed by atoms with E-state index in [0.29, 0.717) is 5.69 Å². The van der Waals surface area contributed by atoms with Crippen LogP contribution in [0.2, 0.25) is 0 Å². The molecular formula is C16H16N3O. The number of pyridine rings is 1. The average molecular weight is 266 g/mol. The third-order valence-corrected chi connectivity index (χ3v) is 3.37. The molecule has 1 atom stereocenters. The summed E-state index contributed by atoms with van der Waals surface area (Å²) >= 11 is 0. The molecule has 1 N–H and O–H groups in total. The highest BCUT2D eigenvalue weighted by Crippen LogP contribution is 2.30. The minimum absolute atomic E-state index is 0.0561. The highest BCUT2D eigenvalue weighted by molar-refractivity contribution is 6.01. The summed E-state index contributed by atoms with van der Waals surface area (Å²) in [7, 11) is 0. The van der Waals surface area contributed by atoms with Crippen LogP contribution in [0.4, 0.5) is 5.69 Å². The molecule has 1 unspecified atom stereocenters. The number of benzene rings is 1. The van der Waals surface area contributed by atoms with Gasteiger partial charge in [-0.15, -0.1) is 0 Å². The SMILES string of the molecule is Cc1cc(C2=NOC(c3ccc([NH])cc3)C2)cc(C)n1. The van der Waals surface area contributed by atoms with Gasteiger partial charge in [0.2, 0.25) is 0 Å². The number of aromatic nitrogens is 1. The van der Waals surface area contributed by atoms with E-state index in [1.54, 1.807) is 12.1 Å². The monoisotopic (exact) mass is 266 g/mol. The first kappa shape index (κ1) is 12.7. The van der Waals surface area contributed by atoms with Gasteiger partial charge in [0.05, 0.1) is 11.4 Å². The fourth-order valence-corrected chi connectivity index (χ4v) is 2.43. The molecule has 2 heterocycles. The van der Waals surface area contributed by atoms with Crippen molar-refractivity contribution < 1.29 is 4.84 Å². The largest absolute Gasteiger partial charge is 0.387 e. The summed E-state index contributed by atoms with van der Waals surface area (Å²) in [6.45, 7) is 3.97. The second-order valence-electron chi connectivity index (χ2n) is 5.10. The summed E-state index contributed by atoms with van der Waals surface area (Å²) in [4.78, 5) is 9.91. The molecule has 1 aliphatic rings. The Morgan fingerprint density at radius 1 is 1.10 bits per heavy atom. The molecule has 4 nitrogen and oxygen atoms in total. The lowest BCUT2D eigenvalue weighted by molar-refractivity contribution is 0.0857. The Bertz CT molecular complexity index is 642. The zero-order chi connectivity index (χ0) is 14.1. The molecule has 4 heteroatoms. The first-order valence-electron chi connectivity index (χ1n) is 6.62. The van der Waals surface area contributed by atoms with E-state index in [0.717, 1.165) is 34.6 Å². The van der Waals surface area contributed by atoms with Crippen molar-refractivity contribution in [2.24, 2.45) is 5.16 Å². The molecule has 1 aromatic heterocycles. The molecule has 2 aromatic rings. The maximum atomic E-state index is 7.51. The van der Waals surface area contributed by atoms with E-state index in [2.05, 4.69) is 10.1 Å². The van der Waals surface area contributed by atoms with Crippen LogP contribution in [0, 0.1) is 13.8 Å².